The molecule has 0 saturated heterocycles. The Morgan fingerprint density at radius 3 is 2.50 bits per heavy atom. The average molecular weight is 273 g/mol. The molecular formula is C17H27N3. The molecule has 1 aliphatic rings. The molecule has 1 fully saturated rings. The van der Waals surface area contributed by atoms with Crippen LogP contribution >= 0.6 is 0 Å². The zero-order valence-corrected chi connectivity index (χ0v) is 12.9. The SMILES string of the molecule is CC1CC(C)CC(N(C)Cc2cccc(C(=N)N)c2)C1. The van der Waals surface area contributed by atoms with Gasteiger partial charge in [-0.1, -0.05) is 32.0 Å². The molecule has 20 heavy (non-hydrogen) atoms. The van der Waals surface area contributed by atoms with Gasteiger partial charge in [-0.2, -0.15) is 0 Å². The van der Waals surface area contributed by atoms with Gasteiger partial charge in [0.1, 0.15) is 5.84 Å². The maximum Gasteiger partial charge on any atom is 0.122 e. The van der Waals surface area contributed by atoms with Gasteiger partial charge in [0.25, 0.3) is 0 Å². The van der Waals surface area contributed by atoms with Crippen molar-refractivity contribution in [3.63, 3.8) is 0 Å². The van der Waals surface area contributed by atoms with E-state index in [1.165, 1.54) is 24.8 Å². The van der Waals surface area contributed by atoms with Crippen molar-refractivity contribution in [1.29, 1.82) is 5.41 Å². The van der Waals surface area contributed by atoms with Gasteiger partial charge in [0.05, 0.1) is 0 Å². The summed E-state index contributed by atoms with van der Waals surface area (Å²) in [5.41, 5.74) is 7.62. The molecule has 0 aromatic heterocycles. The molecule has 1 saturated carbocycles. The van der Waals surface area contributed by atoms with Crippen LogP contribution in [0.4, 0.5) is 0 Å². The Bertz CT molecular complexity index is 459. The lowest BCUT2D eigenvalue weighted by Gasteiger charge is -2.37. The second-order valence-electron chi connectivity index (χ2n) is 6.60. The molecule has 2 atom stereocenters. The van der Waals surface area contributed by atoms with E-state index in [1.807, 2.05) is 18.2 Å². The summed E-state index contributed by atoms with van der Waals surface area (Å²) < 4.78 is 0. The van der Waals surface area contributed by atoms with E-state index in [4.69, 9.17) is 11.1 Å². The van der Waals surface area contributed by atoms with Gasteiger partial charge in [-0.15, -0.1) is 0 Å². The number of nitrogens with one attached hydrogen (secondary N) is 1. The molecule has 1 aliphatic carbocycles. The van der Waals surface area contributed by atoms with E-state index in [9.17, 15) is 0 Å². The van der Waals surface area contributed by atoms with Crippen molar-refractivity contribution in [1.82, 2.24) is 4.90 Å². The van der Waals surface area contributed by atoms with Crippen molar-refractivity contribution < 1.29 is 0 Å². The number of hydrogen-bond acceptors (Lipinski definition) is 2. The highest BCUT2D eigenvalue weighted by molar-refractivity contribution is 5.95. The normalized spacial score (nSPS) is 26.7. The molecule has 0 spiro atoms. The predicted molar refractivity (Wildman–Crippen MR) is 84.9 cm³/mol. The highest BCUT2D eigenvalue weighted by Gasteiger charge is 2.26. The van der Waals surface area contributed by atoms with Crippen LogP contribution in [0.15, 0.2) is 24.3 Å². The van der Waals surface area contributed by atoms with E-state index in [2.05, 4.69) is 31.9 Å². The number of nitrogen functional groups attached to an aromatic ring is 1. The predicted octanol–water partition coefficient (Wildman–Crippen LogP) is 3.23. The van der Waals surface area contributed by atoms with E-state index >= 15 is 0 Å². The van der Waals surface area contributed by atoms with Gasteiger partial charge in [0.2, 0.25) is 0 Å². The highest BCUT2D eigenvalue weighted by atomic mass is 15.1. The molecule has 1 aromatic carbocycles. The van der Waals surface area contributed by atoms with Crippen LogP contribution < -0.4 is 5.73 Å². The van der Waals surface area contributed by atoms with Crippen LogP contribution in [-0.2, 0) is 6.54 Å². The van der Waals surface area contributed by atoms with Crippen molar-refractivity contribution >= 4 is 5.84 Å². The summed E-state index contributed by atoms with van der Waals surface area (Å²) in [6.45, 7) is 5.67. The quantitative estimate of drug-likeness (QED) is 0.653. The fraction of sp³-hybridized carbons (Fsp3) is 0.588. The molecule has 3 heteroatoms. The van der Waals surface area contributed by atoms with Gasteiger partial charge in [-0.05, 0) is 49.8 Å². The van der Waals surface area contributed by atoms with Gasteiger partial charge in [-0.3, -0.25) is 10.3 Å². The molecule has 0 bridgehead atoms. The molecule has 0 aliphatic heterocycles. The van der Waals surface area contributed by atoms with Crippen LogP contribution in [-0.4, -0.2) is 23.8 Å². The molecule has 3 N–H and O–H groups in total. The Morgan fingerprint density at radius 2 is 1.90 bits per heavy atom. The lowest BCUT2D eigenvalue weighted by molar-refractivity contribution is 0.128. The number of benzene rings is 1. The summed E-state index contributed by atoms with van der Waals surface area (Å²) in [7, 11) is 2.22. The van der Waals surface area contributed by atoms with Crippen molar-refractivity contribution in [2.75, 3.05) is 7.05 Å². The number of hydrogen-bond donors (Lipinski definition) is 2. The lowest BCUT2D eigenvalue weighted by atomic mass is 9.80. The van der Waals surface area contributed by atoms with Gasteiger partial charge in [0.15, 0.2) is 0 Å². The zero-order chi connectivity index (χ0) is 14.7. The minimum atomic E-state index is 0.148. The molecule has 0 radical (unpaired) electrons. The van der Waals surface area contributed by atoms with Gasteiger partial charge < -0.3 is 5.73 Å². The second-order valence-corrected chi connectivity index (χ2v) is 6.60. The van der Waals surface area contributed by atoms with E-state index in [-0.39, 0.29) is 5.84 Å². The minimum Gasteiger partial charge on any atom is -0.384 e. The molecule has 2 unspecified atom stereocenters. The van der Waals surface area contributed by atoms with Crippen molar-refractivity contribution in [3.8, 4) is 0 Å². The van der Waals surface area contributed by atoms with Crippen LogP contribution in [0.1, 0.15) is 44.2 Å². The Hall–Kier alpha value is -1.35. The van der Waals surface area contributed by atoms with E-state index in [1.54, 1.807) is 0 Å². The van der Waals surface area contributed by atoms with E-state index in [0.717, 1.165) is 23.9 Å². The first kappa shape index (κ1) is 15.0. The third kappa shape index (κ3) is 3.83. The highest BCUT2D eigenvalue weighted by Crippen LogP contribution is 2.31. The second kappa shape index (κ2) is 6.40. The Labute approximate surface area is 122 Å². The first-order valence-electron chi connectivity index (χ1n) is 7.59. The third-order valence-electron chi connectivity index (χ3n) is 4.45. The summed E-state index contributed by atoms with van der Waals surface area (Å²) in [6.07, 6.45) is 3.96. The van der Waals surface area contributed by atoms with Crippen molar-refractivity contribution in [2.24, 2.45) is 17.6 Å². The molecule has 0 heterocycles. The molecule has 3 nitrogen and oxygen atoms in total. The Morgan fingerprint density at radius 1 is 1.25 bits per heavy atom. The Kier molecular flexibility index (Phi) is 4.81. The van der Waals surface area contributed by atoms with Gasteiger partial charge >= 0.3 is 0 Å². The monoisotopic (exact) mass is 273 g/mol. The topological polar surface area (TPSA) is 53.1 Å². The average Bonchev–Trinajstić information content (AvgIpc) is 2.37. The van der Waals surface area contributed by atoms with Crippen LogP contribution in [0.2, 0.25) is 0 Å². The number of nitrogens with two attached hydrogens (primary N) is 1. The molecular weight excluding hydrogens is 246 g/mol. The molecule has 2 rings (SSSR count). The maximum absolute atomic E-state index is 7.53. The van der Waals surface area contributed by atoms with Gasteiger partial charge in [0, 0.05) is 18.2 Å². The number of amidine groups is 1. The number of nitrogens with zero attached hydrogens (tertiary/aromatic N) is 1. The number of rotatable bonds is 4. The van der Waals surface area contributed by atoms with Crippen LogP contribution in [0.25, 0.3) is 0 Å². The fourth-order valence-corrected chi connectivity index (χ4v) is 3.52. The van der Waals surface area contributed by atoms with Crippen LogP contribution in [0, 0.1) is 17.2 Å². The van der Waals surface area contributed by atoms with Crippen molar-refractivity contribution in [3.05, 3.63) is 35.4 Å². The lowest BCUT2D eigenvalue weighted by Crippen LogP contribution is -2.37. The largest absolute Gasteiger partial charge is 0.384 e. The molecule has 0 amide bonds. The summed E-state index contributed by atoms with van der Waals surface area (Å²) >= 11 is 0. The van der Waals surface area contributed by atoms with E-state index < -0.39 is 0 Å². The first-order chi connectivity index (χ1) is 9.45. The first-order valence-corrected chi connectivity index (χ1v) is 7.59. The smallest absolute Gasteiger partial charge is 0.122 e. The summed E-state index contributed by atoms with van der Waals surface area (Å²) in [4.78, 5) is 2.46. The van der Waals surface area contributed by atoms with E-state index in [0.29, 0.717) is 6.04 Å². The Balaban J connectivity index is 2.02. The van der Waals surface area contributed by atoms with Crippen LogP contribution in [0.5, 0.6) is 0 Å². The molecule has 1 aromatic rings. The van der Waals surface area contributed by atoms with Crippen LogP contribution in [0.3, 0.4) is 0 Å². The summed E-state index contributed by atoms with van der Waals surface area (Å²) in [5, 5.41) is 7.53. The van der Waals surface area contributed by atoms with Gasteiger partial charge in [-0.25, -0.2) is 0 Å². The standard InChI is InChI=1S/C17H27N3/c1-12-7-13(2)9-16(8-12)20(3)11-14-5-4-6-15(10-14)17(18)19/h4-6,10,12-13,16H,7-9,11H2,1-3H3,(H3,18,19). The minimum absolute atomic E-state index is 0.148. The molecule has 110 valence electrons. The fourth-order valence-electron chi connectivity index (χ4n) is 3.52. The zero-order valence-electron chi connectivity index (χ0n) is 12.9. The third-order valence-corrected chi connectivity index (χ3v) is 4.45. The summed E-state index contributed by atoms with van der Waals surface area (Å²) in [5.74, 6) is 1.80. The summed E-state index contributed by atoms with van der Waals surface area (Å²) in [6, 6.07) is 8.73. The maximum atomic E-state index is 7.53. The van der Waals surface area contributed by atoms with Crippen molar-refractivity contribution in [2.45, 2.75) is 45.7 Å².